The van der Waals surface area contributed by atoms with E-state index in [1.165, 1.54) is 16.3 Å². The minimum atomic E-state index is 0.148. The Kier molecular flexibility index (Phi) is 4.36. The minimum absolute atomic E-state index is 0.148. The molecule has 0 fully saturated rings. The van der Waals surface area contributed by atoms with Crippen LogP contribution >= 0.6 is 23.1 Å². The summed E-state index contributed by atoms with van der Waals surface area (Å²) in [6.45, 7) is 10.6. The van der Waals surface area contributed by atoms with Gasteiger partial charge in [0.1, 0.15) is 5.76 Å². The van der Waals surface area contributed by atoms with Gasteiger partial charge in [-0.05, 0) is 13.8 Å². The molecule has 0 saturated heterocycles. The van der Waals surface area contributed by atoms with Crippen molar-refractivity contribution in [2.45, 2.75) is 51.5 Å². The highest BCUT2D eigenvalue weighted by Crippen LogP contribution is 2.28. The quantitative estimate of drug-likeness (QED) is 0.834. The maximum atomic E-state index is 5.17. The van der Waals surface area contributed by atoms with Crippen LogP contribution in [0.3, 0.4) is 0 Å². The maximum Gasteiger partial charge on any atom is 0.137 e. The van der Waals surface area contributed by atoms with Crippen molar-refractivity contribution in [3.8, 4) is 0 Å². The molecule has 2 aromatic rings. The van der Waals surface area contributed by atoms with Crippen molar-refractivity contribution in [1.29, 1.82) is 0 Å². The summed E-state index contributed by atoms with van der Waals surface area (Å²) in [5.74, 6) is 2.80. The molecule has 0 aromatic carbocycles. The number of thioether (sulfide) groups is 1. The fourth-order valence-electron chi connectivity index (χ4n) is 1.68. The Morgan fingerprint density at radius 3 is 2.53 bits per heavy atom. The Hall–Kier alpha value is -0.810. The van der Waals surface area contributed by atoms with E-state index in [0.29, 0.717) is 0 Å². The standard InChI is InChI=1S/C14H20N2OS2/c1-9-12(10(2)17-16-9)8-18-6-11-7-19-13(15-11)14(3,4)5/h7H,6,8H2,1-5H3. The summed E-state index contributed by atoms with van der Waals surface area (Å²) >= 11 is 3.62. The first-order valence-electron chi connectivity index (χ1n) is 6.32. The Morgan fingerprint density at radius 1 is 1.26 bits per heavy atom. The van der Waals surface area contributed by atoms with Crippen LogP contribution in [0.1, 0.15) is 48.5 Å². The predicted molar refractivity (Wildman–Crippen MR) is 81.8 cm³/mol. The van der Waals surface area contributed by atoms with Crippen molar-refractivity contribution in [3.63, 3.8) is 0 Å². The first-order valence-corrected chi connectivity index (χ1v) is 8.35. The van der Waals surface area contributed by atoms with E-state index in [1.54, 1.807) is 11.3 Å². The zero-order valence-corrected chi connectivity index (χ0v) is 13.7. The molecule has 2 aromatic heterocycles. The topological polar surface area (TPSA) is 38.9 Å². The zero-order valence-electron chi connectivity index (χ0n) is 12.1. The Morgan fingerprint density at radius 2 is 2.00 bits per heavy atom. The SMILES string of the molecule is Cc1noc(C)c1CSCc1csc(C(C)(C)C)n1. The number of aryl methyl sites for hydroxylation is 2. The van der Waals surface area contributed by atoms with E-state index in [0.717, 1.165) is 23.0 Å². The summed E-state index contributed by atoms with van der Waals surface area (Å²) in [5, 5.41) is 7.35. The third-order valence-corrected chi connectivity index (χ3v) is 5.18. The number of rotatable bonds is 4. The first-order chi connectivity index (χ1) is 8.88. The summed E-state index contributed by atoms with van der Waals surface area (Å²) in [6.07, 6.45) is 0. The average Bonchev–Trinajstić information content (AvgIpc) is 2.90. The van der Waals surface area contributed by atoms with Crippen LogP contribution in [0.25, 0.3) is 0 Å². The highest BCUT2D eigenvalue weighted by atomic mass is 32.2. The second-order valence-corrected chi connectivity index (χ2v) is 7.53. The van der Waals surface area contributed by atoms with Gasteiger partial charge >= 0.3 is 0 Å². The van der Waals surface area contributed by atoms with Crippen LogP contribution < -0.4 is 0 Å². The van der Waals surface area contributed by atoms with Gasteiger partial charge in [0.05, 0.1) is 16.4 Å². The number of thiazole rings is 1. The lowest BCUT2D eigenvalue weighted by Gasteiger charge is -2.13. The van der Waals surface area contributed by atoms with Crippen LogP contribution in [0, 0.1) is 13.8 Å². The van der Waals surface area contributed by atoms with E-state index in [9.17, 15) is 0 Å². The summed E-state index contributed by atoms with van der Waals surface area (Å²) < 4.78 is 5.17. The van der Waals surface area contributed by atoms with Crippen LogP contribution in [0.5, 0.6) is 0 Å². The van der Waals surface area contributed by atoms with Gasteiger partial charge in [0.2, 0.25) is 0 Å². The fourth-order valence-corrected chi connectivity index (χ4v) is 3.77. The molecule has 0 radical (unpaired) electrons. The van der Waals surface area contributed by atoms with Gasteiger partial charge in [0, 0.05) is 27.9 Å². The van der Waals surface area contributed by atoms with Crippen molar-refractivity contribution in [3.05, 3.63) is 33.1 Å². The van der Waals surface area contributed by atoms with Gasteiger partial charge in [0.25, 0.3) is 0 Å². The molecule has 2 heterocycles. The molecule has 19 heavy (non-hydrogen) atoms. The van der Waals surface area contributed by atoms with Crippen LogP contribution in [0.2, 0.25) is 0 Å². The van der Waals surface area contributed by atoms with E-state index < -0.39 is 0 Å². The van der Waals surface area contributed by atoms with Gasteiger partial charge in [-0.3, -0.25) is 0 Å². The summed E-state index contributed by atoms with van der Waals surface area (Å²) in [4.78, 5) is 4.70. The monoisotopic (exact) mass is 296 g/mol. The molecule has 0 saturated carbocycles. The van der Waals surface area contributed by atoms with Crippen molar-refractivity contribution >= 4 is 23.1 Å². The fraction of sp³-hybridized carbons (Fsp3) is 0.571. The molecule has 0 aliphatic rings. The zero-order chi connectivity index (χ0) is 14.0. The molecule has 2 rings (SSSR count). The van der Waals surface area contributed by atoms with Gasteiger partial charge < -0.3 is 4.52 Å². The molecule has 0 N–H and O–H groups in total. The van der Waals surface area contributed by atoms with Gasteiger partial charge in [-0.25, -0.2) is 4.98 Å². The molecule has 0 amide bonds. The molecular formula is C14H20N2OS2. The molecule has 5 heteroatoms. The normalized spacial score (nSPS) is 12.1. The van der Waals surface area contributed by atoms with Gasteiger partial charge in [0.15, 0.2) is 0 Å². The number of nitrogens with zero attached hydrogens (tertiary/aromatic N) is 2. The number of hydrogen-bond donors (Lipinski definition) is 0. The van der Waals surface area contributed by atoms with Crippen molar-refractivity contribution in [2.75, 3.05) is 0 Å². The van der Waals surface area contributed by atoms with E-state index in [2.05, 4.69) is 31.3 Å². The van der Waals surface area contributed by atoms with Crippen molar-refractivity contribution in [1.82, 2.24) is 10.1 Å². The van der Waals surface area contributed by atoms with E-state index in [4.69, 9.17) is 9.51 Å². The highest BCUT2D eigenvalue weighted by Gasteiger charge is 2.18. The Bertz CT molecular complexity index is 533. The van der Waals surface area contributed by atoms with E-state index >= 15 is 0 Å². The van der Waals surface area contributed by atoms with Crippen LogP contribution in [-0.2, 0) is 16.9 Å². The molecule has 0 aliphatic heterocycles. The van der Waals surface area contributed by atoms with Crippen LogP contribution in [-0.4, -0.2) is 10.1 Å². The third-order valence-electron chi connectivity index (χ3n) is 2.87. The van der Waals surface area contributed by atoms with Crippen LogP contribution in [0.4, 0.5) is 0 Å². The molecular weight excluding hydrogens is 276 g/mol. The molecule has 0 atom stereocenters. The molecule has 3 nitrogen and oxygen atoms in total. The Labute approximate surface area is 122 Å². The Balaban J connectivity index is 1.91. The van der Waals surface area contributed by atoms with E-state index in [-0.39, 0.29) is 5.41 Å². The van der Waals surface area contributed by atoms with Gasteiger partial charge in [-0.2, -0.15) is 11.8 Å². The molecule has 0 bridgehead atoms. The number of hydrogen-bond acceptors (Lipinski definition) is 5. The molecule has 0 aliphatic carbocycles. The second-order valence-electron chi connectivity index (χ2n) is 5.69. The summed E-state index contributed by atoms with van der Waals surface area (Å²) in [7, 11) is 0. The maximum absolute atomic E-state index is 5.17. The molecule has 0 spiro atoms. The van der Waals surface area contributed by atoms with Gasteiger partial charge in [-0.15, -0.1) is 11.3 Å². The van der Waals surface area contributed by atoms with Crippen LogP contribution in [0.15, 0.2) is 9.90 Å². The largest absolute Gasteiger partial charge is 0.361 e. The highest BCUT2D eigenvalue weighted by molar-refractivity contribution is 7.97. The van der Waals surface area contributed by atoms with E-state index in [1.807, 2.05) is 25.6 Å². The average molecular weight is 296 g/mol. The minimum Gasteiger partial charge on any atom is -0.361 e. The van der Waals surface area contributed by atoms with Crippen molar-refractivity contribution in [2.24, 2.45) is 0 Å². The third kappa shape index (κ3) is 3.60. The lowest BCUT2D eigenvalue weighted by atomic mass is 9.98. The van der Waals surface area contributed by atoms with Crippen molar-refractivity contribution < 1.29 is 4.52 Å². The van der Waals surface area contributed by atoms with Gasteiger partial charge in [-0.1, -0.05) is 25.9 Å². The molecule has 0 unspecified atom stereocenters. The second kappa shape index (κ2) is 5.67. The summed E-state index contributed by atoms with van der Waals surface area (Å²) in [6, 6.07) is 0. The predicted octanol–water partition coefficient (Wildman–Crippen LogP) is 4.48. The number of aromatic nitrogens is 2. The molecule has 104 valence electrons. The first kappa shape index (κ1) is 14.6. The summed E-state index contributed by atoms with van der Waals surface area (Å²) in [5.41, 5.74) is 3.54. The lowest BCUT2D eigenvalue weighted by molar-refractivity contribution is 0.392. The lowest BCUT2D eigenvalue weighted by Crippen LogP contribution is -2.10. The smallest absolute Gasteiger partial charge is 0.137 e.